The lowest BCUT2D eigenvalue weighted by atomic mass is 10.1. The Morgan fingerprint density at radius 1 is 1.46 bits per heavy atom. The van der Waals surface area contributed by atoms with Crippen LogP contribution in [0.2, 0.25) is 0 Å². The fourth-order valence-electron chi connectivity index (χ4n) is 1.86. The van der Waals surface area contributed by atoms with E-state index < -0.39 is 0 Å². The van der Waals surface area contributed by atoms with Gasteiger partial charge in [-0.3, -0.25) is 4.90 Å². The summed E-state index contributed by atoms with van der Waals surface area (Å²) >= 11 is 0. The second-order valence-electron chi connectivity index (χ2n) is 3.49. The summed E-state index contributed by atoms with van der Waals surface area (Å²) in [6, 6.07) is 3.40. The first-order valence-corrected chi connectivity index (χ1v) is 5.38. The third kappa shape index (κ3) is 3.78. The quantitative estimate of drug-likeness (QED) is 0.656. The van der Waals surface area contributed by atoms with Crippen molar-refractivity contribution < 1.29 is 0 Å². The zero-order chi connectivity index (χ0) is 10.3. The molecule has 0 N–H and O–H groups in total. The molecular weight excluding hydrogens is 160 g/mol. The third-order valence-electron chi connectivity index (χ3n) is 2.41. The molecule has 2 nitrogen and oxygen atoms in total. The molecule has 1 atom stereocenters. The molecule has 1 aliphatic rings. The second-order valence-corrected chi connectivity index (χ2v) is 3.49. The van der Waals surface area contributed by atoms with E-state index in [1.165, 1.54) is 19.4 Å². The van der Waals surface area contributed by atoms with Gasteiger partial charge in [0.2, 0.25) is 0 Å². The molecule has 1 heterocycles. The SMILES string of the molecule is CC.CC(C)N1CCCC1CC#N. The molecule has 76 valence electrons. The Morgan fingerprint density at radius 3 is 2.54 bits per heavy atom. The van der Waals surface area contributed by atoms with Gasteiger partial charge in [0.05, 0.1) is 12.5 Å². The minimum absolute atomic E-state index is 0.542. The van der Waals surface area contributed by atoms with Crippen LogP contribution in [-0.4, -0.2) is 23.5 Å². The lowest BCUT2D eigenvalue weighted by molar-refractivity contribution is 0.206. The van der Waals surface area contributed by atoms with Crippen LogP contribution >= 0.6 is 0 Å². The molecule has 0 aromatic carbocycles. The highest BCUT2D eigenvalue weighted by atomic mass is 15.2. The van der Waals surface area contributed by atoms with Gasteiger partial charge in [-0.1, -0.05) is 13.8 Å². The Balaban J connectivity index is 0.000000671. The van der Waals surface area contributed by atoms with Crippen LogP contribution in [0, 0.1) is 11.3 Å². The molecule has 1 fully saturated rings. The maximum absolute atomic E-state index is 8.55. The fraction of sp³-hybridized carbons (Fsp3) is 0.909. The molecule has 0 aromatic rings. The molecule has 1 saturated heterocycles. The van der Waals surface area contributed by atoms with Gasteiger partial charge in [0.25, 0.3) is 0 Å². The summed E-state index contributed by atoms with van der Waals surface area (Å²) in [5.74, 6) is 0. The van der Waals surface area contributed by atoms with E-state index in [0.29, 0.717) is 18.5 Å². The highest BCUT2D eigenvalue weighted by molar-refractivity contribution is 4.88. The molecule has 2 heteroatoms. The second kappa shape index (κ2) is 6.91. The van der Waals surface area contributed by atoms with Gasteiger partial charge in [-0.05, 0) is 33.2 Å². The molecule has 1 aliphatic heterocycles. The number of nitrogens with zero attached hydrogens (tertiary/aromatic N) is 2. The van der Waals surface area contributed by atoms with Gasteiger partial charge in [-0.25, -0.2) is 0 Å². The van der Waals surface area contributed by atoms with Gasteiger partial charge in [0.15, 0.2) is 0 Å². The molecule has 0 amide bonds. The van der Waals surface area contributed by atoms with Crippen molar-refractivity contribution in [2.45, 2.75) is 59.0 Å². The van der Waals surface area contributed by atoms with Crippen LogP contribution in [0.3, 0.4) is 0 Å². The maximum atomic E-state index is 8.55. The fourth-order valence-corrected chi connectivity index (χ4v) is 1.86. The van der Waals surface area contributed by atoms with E-state index in [4.69, 9.17) is 5.26 Å². The average Bonchev–Trinajstić information content (AvgIpc) is 2.57. The minimum Gasteiger partial charge on any atom is -0.297 e. The largest absolute Gasteiger partial charge is 0.297 e. The van der Waals surface area contributed by atoms with E-state index in [0.717, 1.165) is 0 Å². The molecule has 1 unspecified atom stereocenters. The van der Waals surface area contributed by atoms with Crippen molar-refractivity contribution in [1.82, 2.24) is 4.90 Å². The molecule has 13 heavy (non-hydrogen) atoms. The standard InChI is InChI=1S/C9H16N2.C2H6/c1-8(2)11-7-3-4-9(11)5-6-10;1-2/h8-9H,3-5,7H2,1-2H3;1-2H3. The van der Waals surface area contributed by atoms with Crippen LogP contribution in [0.1, 0.15) is 47.0 Å². The first kappa shape index (κ1) is 12.4. The van der Waals surface area contributed by atoms with Gasteiger partial charge in [-0.15, -0.1) is 0 Å². The highest BCUT2D eigenvalue weighted by Crippen LogP contribution is 2.21. The van der Waals surface area contributed by atoms with Gasteiger partial charge >= 0.3 is 0 Å². The molecular formula is C11H22N2. The van der Waals surface area contributed by atoms with Crippen molar-refractivity contribution in [1.29, 1.82) is 5.26 Å². The van der Waals surface area contributed by atoms with Crippen molar-refractivity contribution in [2.24, 2.45) is 0 Å². The molecule has 0 saturated carbocycles. The van der Waals surface area contributed by atoms with Gasteiger partial charge in [-0.2, -0.15) is 5.26 Å². The molecule has 0 spiro atoms. The molecule has 1 rings (SSSR count). The van der Waals surface area contributed by atoms with Crippen molar-refractivity contribution in [3.8, 4) is 6.07 Å². The van der Waals surface area contributed by atoms with E-state index in [9.17, 15) is 0 Å². The first-order valence-electron chi connectivity index (χ1n) is 5.38. The summed E-state index contributed by atoms with van der Waals surface area (Å²) in [7, 11) is 0. The van der Waals surface area contributed by atoms with Crippen molar-refractivity contribution in [2.75, 3.05) is 6.54 Å². The minimum atomic E-state index is 0.542. The first-order chi connectivity index (χ1) is 6.25. The Morgan fingerprint density at radius 2 is 2.08 bits per heavy atom. The lowest BCUT2D eigenvalue weighted by Crippen LogP contribution is -2.35. The smallest absolute Gasteiger partial charge is 0.0638 e. The highest BCUT2D eigenvalue weighted by Gasteiger charge is 2.25. The number of rotatable bonds is 2. The third-order valence-corrected chi connectivity index (χ3v) is 2.41. The summed E-state index contributed by atoms with van der Waals surface area (Å²) in [6.07, 6.45) is 3.19. The predicted octanol–water partition coefficient (Wildman–Crippen LogP) is 2.80. The lowest BCUT2D eigenvalue weighted by Gasteiger charge is -2.26. The van der Waals surface area contributed by atoms with E-state index in [-0.39, 0.29) is 0 Å². The Labute approximate surface area is 82.5 Å². The van der Waals surface area contributed by atoms with Crippen molar-refractivity contribution in [3.05, 3.63) is 0 Å². The van der Waals surface area contributed by atoms with E-state index >= 15 is 0 Å². The van der Waals surface area contributed by atoms with Crippen molar-refractivity contribution in [3.63, 3.8) is 0 Å². The van der Waals surface area contributed by atoms with Crippen molar-refractivity contribution >= 4 is 0 Å². The summed E-state index contributed by atoms with van der Waals surface area (Å²) in [4.78, 5) is 2.43. The van der Waals surface area contributed by atoms with E-state index in [1.807, 2.05) is 13.8 Å². The van der Waals surface area contributed by atoms with Crippen LogP contribution in [0.4, 0.5) is 0 Å². The number of hydrogen-bond donors (Lipinski definition) is 0. The van der Waals surface area contributed by atoms with Gasteiger partial charge in [0, 0.05) is 12.1 Å². The van der Waals surface area contributed by atoms with Gasteiger partial charge in [0.1, 0.15) is 0 Å². The average molecular weight is 182 g/mol. The Kier molecular flexibility index (Phi) is 6.62. The molecule has 0 radical (unpaired) electrons. The van der Waals surface area contributed by atoms with Crippen LogP contribution in [0.15, 0.2) is 0 Å². The molecule has 0 aliphatic carbocycles. The monoisotopic (exact) mass is 182 g/mol. The normalized spacial score (nSPS) is 22.3. The summed E-state index contributed by atoms with van der Waals surface area (Å²) in [6.45, 7) is 9.59. The van der Waals surface area contributed by atoms with Crippen LogP contribution in [0.5, 0.6) is 0 Å². The number of likely N-dealkylation sites (tertiary alicyclic amines) is 1. The topological polar surface area (TPSA) is 27.0 Å². The molecule has 0 aromatic heterocycles. The van der Waals surface area contributed by atoms with Gasteiger partial charge < -0.3 is 0 Å². The summed E-state index contributed by atoms with van der Waals surface area (Å²) in [5.41, 5.74) is 0. The van der Waals surface area contributed by atoms with Crippen LogP contribution < -0.4 is 0 Å². The van der Waals surface area contributed by atoms with E-state index in [2.05, 4.69) is 24.8 Å². The zero-order valence-electron chi connectivity index (χ0n) is 9.38. The van der Waals surface area contributed by atoms with Crippen LogP contribution in [-0.2, 0) is 0 Å². The Hall–Kier alpha value is -0.550. The maximum Gasteiger partial charge on any atom is 0.0638 e. The van der Waals surface area contributed by atoms with E-state index in [1.54, 1.807) is 0 Å². The number of nitriles is 1. The Bertz CT molecular complexity index is 158. The predicted molar refractivity (Wildman–Crippen MR) is 56.4 cm³/mol. The van der Waals surface area contributed by atoms with Crippen LogP contribution in [0.25, 0.3) is 0 Å². The molecule has 0 bridgehead atoms. The zero-order valence-corrected chi connectivity index (χ0v) is 9.38. The number of hydrogen-bond acceptors (Lipinski definition) is 2. The summed E-state index contributed by atoms with van der Waals surface area (Å²) < 4.78 is 0. The summed E-state index contributed by atoms with van der Waals surface area (Å²) in [5, 5.41) is 8.55.